The normalized spacial score (nSPS) is 21.7. The fourth-order valence-corrected chi connectivity index (χ4v) is 2.62. The summed E-state index contributed by atoms with van der Waals surface area (Å²) in [6, 6.07) is 0. The Morgan fingerprint density at radius 3 is 2.33 bits per heavy atom. The van der Waals surface area contributed by atoms with Gasteiger partial charge in [0.1, 0.15) is 0 Å². The quantitative estimate of drug-likeness (QED) is 0.600. The van der Waals surface area contributed by atoms with Crippen molar-refractivity contribution in [2.45, 2.75) is 41.0 Å². The smallest absolute Gasteiger partial charge is 0.0155 e. The molecule has 0 fully saturated rings. The first-order chi connectivity index (χ1) is 8.36. The van der Waals surface area contributed by atoms with Crippen molar-refractivity contribution in [2.24, 2.45) is 11.3 Å². The Kier molecular flexibility index (Phi) is 4.56. The second-order valence-corrected chi connectivity index (χ2v) is 5.88. The Labute approximate surface area is 112 Å². The van der Waals surface area contributed by atoms with Crippen molar-refractivity contribution in [3.8, 4) is 0 Å². The monoisotopic (exact) mass is 242 g/mol. The highest BCUT2D eigenvalue weighted by Gasteiger charge is 2.36. The lowest BCUT2D eigenvalue weighted by molar-refractivity contribution is 0.568. The van der Waals surface area contributed by atoms with Gasteiger partial charge in [0.25, 0.3) is 0 Å². The summed E-state index contributed by atoms with van der Waals surface area (Å²) >= 11 is 0. The third kappa shape index (κ3) is 2.58. The molecule has 1 aliphatic carbocycles. The van der Waals surface area contributed by atoms with Crippen LogP contribution in [0.15, 0.2) is 59.8 Å². The Balaban J connectivity index is 3.27. The van der Waals surface area contributed by atoms with Gasteiger partial charge in [-0.2, -0.15) is 0 Å². The van der Waals surface area contributed by atoms with E-state index in [2.05, 4.69) is 59.1 Å². The van der Waals surface area contributed by atoms with E-state index in [1.807, 2.05) is 13.0 Å². The van der Waals surface area contributed by atoms with Crippen molar-refractivity contribution in [3.63, 3.8) is 0 Å². The van der Waals surface area contributed by atoms with Crippen LogP contribution >= 0.6 is 0 Å². The van der Waals surface area contributed by atoms with E-state index < -0.39 is 0 Å². The highest BCUT2D eigenvalue weighted by molar-refractivity contribution is 5.66. The molecule has 0 aromatic carbocycles. The molecule has 0 saturated carbocycles. The van der Waals surface area contributed by atoms with E-state index in [-0.39, 0.29) is 5.41 Å². The van der Waals surface area contributed by atoms with E-state index in [4.69, 9.17) is 0 Å². The molecule has 0 atom stereocenters. The molecule has 0 aliphatic heterocycles. The zero-order valence-electron chi connectivity index (χ0n) is 12.5. The first-order valence-corrected chi connectivity index (χ1v) is 6.76. The van der Waals surface area contributed by atoms with Crippen LogP contribution in [0.3, 0.4) is 0 Å². The van der Waals surface area contributed by atoms with Gasteiger partial charge in [-0.3, -0.25) is 0 Å². The van der Waals surface area contributed by atoms with Crippen LogP contribution in [0.2, 0.25) is 0 Å². The minimum absolute atomic E-state index is 0.0303. The first kappa shape index (κ1) is 14.8. The maximum Gasteiger partial charge on any atom is 0.0155 e. The third-order valence-corrected chi connectivity index (χ3v) is 3.62. The highest BCUT2D eigenvalue weighted by atomic mass is 14.4. The molecule has 0 N–H and O–H groups in total. The lowest BCUT2D eigenvalue weighted by Crippen LogP contribution is -2.12. The van der Waals surface area contributed by atoms with Crippen LogP contribution < -0.4 is 0 Å². The summed E-state index contributed by atoms with van der Waals surface area (Å²) in [5.41, 5.74) is 5.09. The number of rotatable bonds is 4. The summed E-state index contributed by atoms with van der Waals surface area (Å²) in [5, 5.41) is 0. The van der Waals surface area contributed by atoms with Crippen molar-refractivity contribution in [3.05, 3.63) is 59.8 Å². The SMILES string of the molecule is C=CC1=C(/C=C\C)C(=C)/C(=C\CC(C)C)C1(C)C. The Morgan fingerprint density at radius 2 is 1.89 bits per heavy atom. The predicted molar refractivity (Wildman–Crippen MR) is 82.5 cm³/mol. The maximum atomic E-state index is 4.28. The molecule has 0 unspecified atom stereocenters. The van der Waals surface area contributed by atoms with Crippen molar-refractivity contribution in [2.75, 3.05) is 0 Å². The van der Waals surface area contributed by atoms with Gasteiger partial charge < -0.3 is 0 Å². The zero-order chi connectivity index (χ0) is 13.9. The van der Waals surface area contributed by atoms with Crippen molar-refractivity contribution < 1.29 is 0 Å². The predicted octanol–water partition coefficient (Wildman–Crippen LogP) is 5.61. The van der Waals surface area contributed by atoms with Crippen molar-refractivity contribution in [1.82, 2.24) is 0 Å². The fraction of sp³-hybridized carbons (Fsp3) is 0.444. The Bertz CT molecular complexity index is 437. The molecule has 0 spiro atoms. The third-order valence-electron chi connectivity index (χ3n) is 3.62. The zero-order valence-corrected chi connectivity index (χ0v) is 12.5. The standard InChI is InChI=1S/C18H26/c1-8-10-15-14(5)17(12-11-13(3)4)18(6,7)16(15)9-2/h8-10,12-13H,2,5,11H2,1,3-4,6-7H3/b10-8-,17-12+. The summed E-state index contributed by atoms with van der Waals surface area (Å²) in [6.45, 7) is 19.3. The molecular formula is C18H26. The van der Waals surface area contributed by atoms with Gasteiger partial charge in [0.05, 0.1) is 0 Å². The fourth-order valence-electron chi connectivity index (χ4n) is 2.62. The Hall–Kier alpha value is -1.30. The van der Waals surface area contributed by atoms with Gasteiger partial charge in [-0.1, -0.05) is 65.2 Å². The molecule has 0 aromatic heterocycles. The Morgan fingerprint density at radius 1 is 1.28 bits per heavy atom. The van der Waals surface area contributed by atoms with E-state index in [0.29, 0.717) is 5.92 Å². The number of hydrogen-bond donors (Lipinski definition) is 0. The summed E-state index contributed by atoms with van der Waals surface area (Å²) in [7, 11) is 0. The van der Waals surface area contributed by atoms with Gasteiger partial charge in [0, 0.05) is 5.41 Å². The maximum absolute atomic E-state index is 4.28. The van der Waals surface area contributed by atoms with Gasteiger partial charge in [-0.25, -0.2) is 0 Å². The molecule has 0 radical (unpaired) electrons. The molecule has 1 rings (SSSR count). The van der Waals surface area contributed by atoms with Gasteiger partial charge in [-0.05, 0) is 41.6 Å². The molecule has 0 heteroatoms. The first-order valence-electron chi connectivity index (χ1n) is 6.76. The molecular weight excluding hydrogens is 216 g/mol. The van der Waals surface area contributed by atoms with Crippen LogP contribution in [-0.4, -0.2) is 0 Å². The molecule has 1 aliphatic rings. The minimum Gasteiger partial charge on any atom is -0.0987 e. The van der Waals surface area contributed by atoms with E-state index in [0.717, 1.165) is 12.0 Å². The lowest BCUT2D eigenvalue weighted by Gasteiger charge is -2.23. The second kappa shape index (κ2) is 5.56. The summed E-state index contributed by atoms with van der Waals surface area (Å²) in [4.78, 5) is 0. The molecule has 0 heterocycles. The van der Waals surface area contributed by atoms with Gasteiger partial charge in [0.15, 0.2) is 0 Å². The highest BCUT2D eigenvalue weighted by Crippen LogP contribution is 2.50. The number of allylic oxidation sites excluding steroid dienone is 8. The molecule has 18 heavy (non-hydrogen) atoms. The summed E-state index contributed by atoms with van der Waals surface area (Å²) in [5.74, 6) is 0.680. The molecule has 0 amide bonds. The van der Waals surface area contributed by atoms with Crippen LogP contribution in [0.5, 0.6) is 0 Å². The average molecular weight is 242 g/mol. The molecule has 0 saturated heterocycles. The lowest BCUT2D eigenvalue weighted by atomic mass is 9.80. The van der Waals surface area contributed by atoms with Crippen LogP contribution in [0, 0.1) is 11.3 Å². The van der Waals surface area contributed by atoms with Crippen LogP contribution in [0.4, 0.5) is 0 Å². The molecule has 0 bridgehead atoms. The van der Waals surface area contributed by atoms with E-state index in [1.54, 1.807) is 0 Å². The largest absolute Gasteiger partial charge is 0.0987 e. The molecule has 98 valence electrons. The second-order valence-electron chi connectivity index (χ2n) is 5.88. The number of hydrogen-bond acceptors (Lipinski definition) is 0. The van der Waals surface area contributed by atoms with Gasteiger partial charge in [0.2, 0.25) is 0 Å². The van der Waals surface area contributed by atoms with Crippen molar-refractivity contribution in [1.29, 1.82) is 0 Å². The van der Waals surface area contributed by atoms with Crippen LogP contribution in [0.1, 0.15) is 41.0 Å². The van der Waals surface area contributed by atoms with Crippen LogP contribution in [-0.2, 0) is 0 Å². The topological polar surface area (TPSA) is 0 Å². The van der Waals surface area contributed by atoms with E-state index >= 15 is 0 Å². The average Bonchev–Trinajstić information content (AvgIpc) is 2.44. The summed E-state index contributed by atoms with van der Waals surface area (Å²) in [6.07, 6.45) is 9.66. The van der Waals surface area contributed by atoms with E-state index in [9.17, 15) is 0 Å². The van der Waals surface area contributed by atoms with E-state index in [1.165, 1.54) is 16.7 Å². The van der Waals surface area contributed by atoms with Gasteiger partial charge in [-0.15, -0.1) is 0 Å². The minimum atomic E-state index is 0.0303. The molecule has 0 nitrogen and oxygen atoms in total. The van der Waals surface area contributed by atoms with Crippen molar-refractivity contribution >= 4 is 0 Å². The van der Waals surface area contributed by atoms with Crippen LogP contribution in [0.25, 0.3) is 0 Å². The molecule has 0 aromatic rings. The van der Waals surface area contributed by atoms with Gasteiger partial charge >= 0.3 is 0 Å². The summed E-state index contributed by atoms with van der Waals surface area (Å²) < 4.78 is 0.